The summed E-state index contributed by atoms with van der Waals surface area (Å²) in [6, 6.07) is 0. The van der Waals surface area contributed by atoms with Gasteiger partial charge < -0.3 is 9.88 Å². The third kappa shape index (κ3) is 2.37. The van der Waals surface area contributed by atoms with Gasteiger partial charge >= 0.3 is 0 Å². The number of nitrogens with one attached hydrogen (secondary N) is 1. The molecule has 27 heavy (non-hydrogen) atoms. The molecule has 0 saturated heterocycles. The van der Waals surface area contributed by atoms with Crippen molar-refractivity contribution in [2.45, 2.75) is 25.4 Å². The summed E-state index contributed by atoms with van der Waals surface area (Å²) in [5.41, 5.74) is 3.02. The summed E-state index contributed by atoms with van der Waals surface area (Å²) in [6.07, 6.45) is 5.66. The summed E-state index contributed by atoms with van der Waals surface area (Å²) in [4.78, 5) is 25.2. The molecule has 1 saturated carbocycles. The minimum absolute atomic E-state index is 0.0919. The van der Waals surface area contributed by atoms with Crippen molar-refractivity contribution in [2.24, 2.45) is 0 Å². The van der Waals surface area contributed by atoms with Crippen molar-refractivity contribution in [3.8, 4) is 11.3 Å². The first-order valence-corrected chi connectivity index (χ1v) is 8.52. The number of amides is 1. The minimum Gasteiger partial charge on any atom is -0.346 e. The Morgan fingerprint density at radius 1 is 1.30 bits per heavy atom. The van der Waals surface area contributed by atoms with Gasteiger partial charge in [0.1, 0.15) is 12.0 Å². The molecule has 0 bridgehead atoms. The normalized spacial score (nSPS) is 18.5. The smallest absolute Gasteiger partial charge is 0.260 e. The Morgan fingerprint density at radius 2 is 2.11 bits per heavy atom. The molecule has 1 amide bonds. The maximum absolute atomic E-state index is 13.7. The summed E-state index contributed by atoms with van der Waals surface area (Å²) < 4.78 is 29.1. The molecule has 0 unspecified atom stereocenters. The number of alkyl halides is 2. The number of aromatic nitrogens is 5. The van der Waals surface area contributed by atoms with E-state index in [9.17, 15) is 13.6 Å². The van der Waals surface area contributed by atoms with Crippen molar-refractivity contribution in [1.29, 1.82) is 0 Å². The van der Waals surface area contributed by atoms with Crippen LogP contribution in [0.2, 0.25) is 0 Å². The molecule has 1 radical (unpaired) electrons. The van der Waals surface area contributed by atoms with E-state index in [0.717, 1.165) is 11.3 Å². The lowest BCUT2D eigenvalue weighted by atomic mass is 10.0. The number of hydrogen-bond donors (Lipinski definition) is 1. The molecule has 4 heterocycles. The fourth-order valence-electron chi connectivity index (χ4n) is 3.64. The highest BCUT2D eigenvalue weighted by molar-refractivity contribution is 5.96. The fraction of sp³-hybridized carbons (Fsp3) is 0.278. The number of halogens is 2. The largest absolute Gasteiger partial charge is 0.346 e. The van der Waals surface area contributed by atoms with Crippen LogP contribution in [0.25, 0.3) is 22.3 Å². The summed E-state index contributed by atoms with van der Waals surface area (Å²) in [5.74, 6) is -2.83. The lowest BCUT2D eigenvalue weighted by Gasteiger charge is -2.27. The number of H-pyrrole nitrogens is 1. The third-order valence-electron chi connectivity index (χ3n) is 5.12. The van der Waals surface area contributed by atoms with Crippen LogP contribution in [0.15, 0.2) is 31.4 Å². The van der Waals surface area contributed by atoms with Gasteiger partial charge in [0.25, 0.3) is 5.92 Å². The number of rotatable bonds is 3. The molecule has 1 aliphatic heterocycles. The van der Waals surface area contributed by atoms with Crippen LogP contribution in [0.1, 0.15) is 17.7 Å². The molecule has 1 aliphatic carbocycles. The average molecular weight is 369 g/mol. The van der Waals surface area contributed by atoms with Gasteiger partial charge in [-0.25, -0.2) is 18.7 Å². The molecule has 0 aromatic carbocycles. The standard InChI is InChI=1S/C18H15F2N6O/c1-2-14(27)25-3-4-26-13(8-25)11(7-24-26)16-15-10(12-5-18(12,19)20)6-21-17(15)23-9-22-16/h2,6-7,9H,1,3-5,8H2,(H,21,22,23). The van der Waals surface area contributed by atoms with Gasteiger partial charge in [0.2, 0.25) is 5.91 Å². The molecule has 2 aliphatic rings. The van der Waals surface area contributed by atoms with E-state index < -0.39 is 5.92 Å². The zero-order valence-electron chi connectivity index (χ0n) is 14.2. The second-order valence-corrected chi connectivity index (χ2v) is 6.70. The molecule has 1 fully saturated rings. The molecule has 7 nitrogen and oxygen atoms in total. The lowest BCUT2D eigenvalue weighted by molar-refractivity contribution is -0.127. The van der Waals surface area contributed by atoms with Crippen molar-refractivity contribution in [1.82, 2.24) is 29.6 Å². The first-order chi connectivity index (χ1) is 13.0. The first kappa shape index (κ1) is 16.1. The van der Waals surface area contributed by atoms with E-state index in [2.05, 4.69) is 26.6 Å². The first-order valence-electron chi connectivity index (χ1n) is 8.52. The van der Waals surface area contributed by atoms with E-state index in [1.165, 1.54) is 12.4 Å². The molecule has 0 atom stereocenters. The van der Waals surface area contributed by atoms with E-state index in [-0.39, 0.29) is 18.2 Å². The summed E-state index contributed by atoms with van der Waals surface area (Å²) in [5, 5.41) is 4.95. The van der Waals surface area contributed by atoms with Crippen molar-refractivity contribution >= 4 is 16.9 Å². The number of hydrogen-bond acceptors (Lipinski definition) is 4. The number of carbonyl (C=O) groups excluding carboxylic acids is 1. The molecule has 0 spiro atoms. The molecule has 5 rings (SSSR count). The number of fused-ring (bicyclic) bond motifs is 2. The maximum Gasteiger partial charge on any atom is 0.260 e. The molecule has 3 aromatic heterocycles. The monoisotopic (exact) mass is 369 g/mol. The van der Waals surface area contributed by atoms with Crippen LogP contribution in [0.4, 0.5) is 8.78 Å². The van der Waals surface area contributed by atoms with Crippen LogP contribution in [-0.2, 0) is 17.9 Å². The number of nitrogens with zero attached hydrogens (tertiary/aromatic N) is 5. The highest BCUT2D eigenvalue weighted by atomic mass is 19.3. The number of aromatic amines is 1. The maximum atomic E-state index is 13.7. The van der Waals surface area contributed by atoms with Gasteiger partial charge in [-0.2, -0.15) is 5.10 Å². The molecular formula is C18H15F2N6O. The summed E-state index contributed by atoms with van der Waals surface area (Å²) in [6.45, 7) is 4.99. The van der Waals surface area contributed by atoms with Crippen LogP contribution < -0.4 is 0 Å². The number of carbonyl (C=O) groups is 1. The average Bonchev–Trinajstić information content (AvgIpc) is 3.05. The molecule has 137 valence electrons. The van der Waals surface area contributed by atoms with Gasteiger partial charge in [0, 0.05) is 30.1 Å². The Balaban J connectivity index is 1.64. The van der Waals surface area contributed by atoms with E-state index >= 15 is 0 Å². The minimum atomic E-state index is -2.77. The SMILES string of the molecule is C=CC(=O)N1CCn2ncc(-c3ncnc4[nH]cc([C]5CC5(F)F)c34)c2C1. The van der Waals surface area contributed by atoms with Crippen molar-refractivity contribution in [3.05, 3.63) is 48.6 Å². The van der Waals surface area contributed by atoms with Gasteiger partial charge in [-0.05, 0) is 11.6 Å². The zero-order valence-corrected chi connectivity index (χ0v) is 14.2. The Labute approximate surface area is 152 Å². The molecular weight excluding hydrogens is 354 g/mol. The van der Waals surface area contributed by atoms with Gasteiger partial charge in [-0.15, -0.1) is 0 Å². The van der Waals surface area contributed by atoms with Gasteiger partial charge in [-0.1, -0.05) is 6.58 Å². The van der Waals surface area contributed by atoms with Crippen LogP contribution in [-0.4, -0.2) is 48.0 Å². The fourth-order valence-corrected chi connectivity index (χ4v) is 3.64. The Hall–Kier alpha value is -3.10. The molecule has 9 heteroatoms. The Bertz CT molecular complexity index is 1080. The van der Waals surface area contributed by atoms with Crippen molar-refractivity contribution in [3.63, 3.8) is 0 Å². The Morgan fingerprint density at radius 3 is 2.85 bits per heavy atom. The van der Waals surface area contributed by atoms with Gasteiger partial charge in [0.05, 0.1) is 36.6 Å². The highest BCUT2D eigenvalue weighted by Gasteiger charge is 2.59. The lowest BCUT2D eigenvalue weighted by Crippen LogP contribution is -2.37. The van der Waals surface area contributed by atoms with Crippen LogP contribution in [0.3, 0.4) is 0 Å². The van der Waals surface area contributed by atoms with Gasteiger partial charge in [-0.3, -0.25) is 9.48 Å². The quantitative estimate of drug-likeness (QED) is 0.719. The summed E-state index contributed by atoms with van der Waals surface area (Å²) in [7, 11) is 0. The van der Waals surface area contributed by atoms with Crippen LogP contribution >= 0.6 is 0 Å². The second-order valence-electron chi connectivity index (χ2n) is 6.70. The zero-order chi connectivity index (χ0) is 18.8. The van der Waals surface area contributed by atoms with E-state index in [1.54, 1.807) is 17.3 Å². The van der Waals surface area contributed by atoms with Crippen LogP contribution in [0.5, 0.6) is 0 Å². The van der Waals surface area contributed by atoms with Gasteiger partial charge in [0.15, 0.2) is 0 Å². The van der Waals surface area contributed by atoms with E-state index in [4.69, 9.17) is 0 Å². The van der Waals surface area contributed by atoms with E-state index in [0.29, 0.717) is 41.9 Å². The van der Waals surface area contributed by atoms with E-state index in [1.807, 2.05) is 4.68 Å². The third-order valence-corrected chi connectivity index (χ3v) is 5.12. The predicted molar refractivity (Wildman–Crippen MR) is 92.6 cm³/mol. The Kier molecular flexibility index (Phi) is 3.25. The molecule has 1 N–H and O–H groups in total. The molecule has 3 aromatic rings. The second kappa shape index (κ2) is 5.45. The topological polar surface area (TPSA) is 79.7 Å². The summed E-state index contributed by atoms with van der Waals surface area (Å²) >= 11 is 0. The van der Waals surface area contributed by atoms with Crippen molar-refractivity contribution in [2.75, 3.05) is 6.54 Å². The van der Waals surface area contributed by atoms with Crippen molar-refractivity contribution < 1.29 is 13.6 Å². The highest BCUT2D eigenvalue weighted by Crippen LogP contribution is 2.56. The predicted octanol–water partition coefficient (Wildman–Crippen LogP) is 2.31. The van der Waals surface area contributed by atoms with Crippen LogP contribution in [0, 0.1) is 5.92 Å².